The lowest BCUT2D eigenvalue weighted by Gasteiger charge is -2.21. The van der Waals surface area contributed by atoms with Crippen LogP contribution in [0.15, 0.2) is 24.5 Å². The summed E-state index contributed by atoms with van der Waals surface area (Å²) in [5.74, 6) is -0.515. The number of nitrogens with zero attached hydrogens (tertiary/aromatic N) is 5. The fourth-order valence-corrected chi connectivity index (χ4v) is 2.69. The molecule has 0 saturated heterocycles. The summed E-state index contributed by atoms with van der Waals surface area (Å²) in [6.45, 7) is 3.48. The molecule has 7 nitrogen and oxygen atoms in total. The molecule has 0 radical (unpaired) electrons. The lowest BCUT2D eigenvalue weighted by atomic mass is 10.2. The maximum Gasteiger partial charge on any atom is 0.451 e. The average Bonchev–Trinajstić information content (AvgIpc) is 3.20. The van der Waals surface area contributed by atoms with Gasteiger partial charge < -0.3 is 9.40 Å². The van der Waals surface area contributed by atoms with Crippen molar-refractivity contribution in [3.05, 3.63) is 47.4 Å². The highest BCUT2D eigenvalue weighted by Crippen LogP contribution is 2.33. The van der Waals surface area contributed by atoms with Crippen molar-refractivity contribution in [2.24, 2.45) is 0 Å². The zero-order chi connectivity index (χ0) is 18.2. The number of halogens is 3. The molecule has 3 rings (SSSR count). The summed E-state index contributed by atoms with van der Waals surface area (Å²) in [5, 5.41) is 7.48. The first kappa shape index (κ1) is 17.5. The molecule has 1 atom stereocenters. The Morgan fingerprint density at radius 1 is 1.36 bits per heavy atom. The fraction of sp³-hybridized carbons (Fsp3) is 0.357. The maximum absolute atomic E-state index is 13.0. The van der Waals surface area contributed by atoms with Crippen LogP contribution in [0.4, 0.5) is 13.2 Å². The highest BCUT2D eigenvalue weighted by atomic mass is 32.1. The summed E-state index contributed by atoms with van der Waals surface area (Å²) in [6.07, 6.45) is -1.35. The van der Waals surface area contributed by atoms with Gasteiger partial charge in [0.2, 0.25) is 5.82 Å². The zero-order valence-corrected chi connectivity index (χ0v) is 14.2. The van der Waals surface area contributed by atoms with Crippen molar-refractivity contribution in [3.63, 3.8) is 0 Å². The van der Waals surface area contributed by atoms with E-state index in [2.05, 4.69) is 33.4 Å². The minimum atomic E-state index is -4.58. The zero-order valence-electron chi connectivity index (χ0n) is 13.3. The molecule has 0 saturated carbocycles. The smallest absolute Gasteiger partial charge is 0.387 e. The van der Waals surface area contributed by atoms with Gasteiger partial charge in [0.1, 0.15) is 0 Å². The van der Waals surface area contributed by atoms with Crippen LogP contribution in [0.25, 0.3) is 5.76 Å². The first-order valence-electron chi connectivity index (χ1n) is 7.35. The van der Waals surface area contributed by atoms with Gasteiger partial charge in [0.15, 0.2) is 17.0 Å². The van der Waals surface area contributed by atoms with Crippen LogP contribution in [0.5, 0.6) is 0 Å². The lowest BCUT2D eigenvalue weighted by Crippen LogP contribution is -2.31. The molecule has 25 heavy (non-hydrogen) atoms. The van der Waals surface area contributed by atoms with Crippen LogP contribution in [0.2, 0.25) is 0 Å². The fourth-order valence-electron chi connectivity index (χ4n) is 2.39. The Balaban J connectivity index is 1.87. The number of hydrazine groups is 1. The van der Waals surface area contributed by atoms with Crippen LogP contribution in [0.1, 0.15) is 35.2 Å². The first-order chi connectivity index (χ1) is 11.8. The Morgan fingerprint density at radius 3 is 2.76 bits per heavy atom. The third kappa shape index (κ3) is 3.42. The molecule has 1 aliphatic rings. The van der Waals surface area contributed by atoms with Crippen LogP contribution in [0, 0.1) is 6.92 Å². The number of aromatic nitrogens is 4. The quantitative estimate of drug-likeness (QED) is 0.805. The highest BCUT2D eigenvalue weighted by molar-refractivity contribution is 7.80. The van der Waals surface area contributed by atoms with Crippen molar-refractivity contribution >= 4 is 18.4 Å². The number of hydrogen-bond acceptors (Lipinski definition) is 7. The average molecular weight is 372 g/mol. The molecular weight excluding hydrogens is 357 g/mol. The van der Waals surface area contributed by atoms with E-state index < -0.39 is 17.4 Å². The lowest BCUT2D eigenvalue weighted by molar-refractivity contribution is -0.147. The second-order valence-electron chi connectivity index (χ2n) is 5.28. The van der Waals surface area contributed by atoms with E-state index in [0.717, 1.165) is 15.8 Å². The number of thiol groups is 1. The standard InChI is InChI=1S/C14H15F3N6OS/c1-3-22-11(19-20-13(22)14(15,16)17)12(25)23-7-10(24-21-23)9-4-5-18-8(2)6-9/h4-7,12,21,25H,3H2,1-2H3. The van der Waals surface area contributed by atoms with Gasteiger partial charge in [-0.1, -0.05) is 5.59 Å². The minimum Gasteiger partial charge on any atom is -0.387 e. The van der Waals surface area contributed by atoms with Crippen LogP contribution in [-0.4, -0.2) is 24.8 Å². The Kier molecular flexibility index (Phi) is 4.60. The molecule has 0 fully saturated rings. The third-order valence-corrected chi connectivity index (χ3v) is 4.02. The maximum atomic E-state index is 13.0. The number of alkyl halides is 3. The predicted octanol–water partition coefficient (Wildman–Crippen LogP) is 2.70. The highest BCUT2D eigenvalue weighted by Gasteiger charge is 2.39. The van der Waals surface area contributed by atoms with Gasteiger partial charge in [-0.05, 0) is 26.0 Å². The SMILES string of the molecule is CCn1c(C(S)N2C=C(c3ccnc(C)c3)ON2)nnc1C(F)(F)F. The molecule has 0 aromatic carbocycles. The van der Waals surface area contributed by atoms with Crippen LogP contribution < -0.4 is 5.59 Å². The van der Waals surface area contributed by atoms with Crippen molar-refractivity contribution in [2.45, 2.75) is 31.9 Å². The number of pyridine rings is 1. The van der Waals surface area contributed by atoms with E-state index in [0.29, 0.717) is 5.76 Å². The van der Waals surface area contributed by atoms with Crippen LogP contribution in [0.3, 0.4) is 0 Å². The topological polar surface area (TPSA) is 68.1 Å². The summed E-state index contributed by atoms with van der Waals surface area (Å²) < 4.78 is 39.9. The number of rotatable bonds is 4. The Morgan fingerprint density at radius 2 is 2.12 bits per heavy atom. The molecule has 0 aliphatic carbocycles. The molecule has 1 N–H and O–H groups in total. The van der Waals surface area contributed by atoms with Gasteiger partial charge in [-0.3, -0.25) is 9.99 Å². The van der Waals surface area contributed by atoms with E-state index in [9.17, 15) is 13.2 Å². The minimum absolute atomic E-state index is 0.0534. The van der Waals surface area contributed by atoms with Gasteiger partial charge >= 0.3 is 6.18 Å². The van der Waals surface area contributed by atoms with Crippen molar-refractivity contribution in [2.75, 3.05) is 0 Å². The van der Waals surface area contributed by atoms with Gasteiger partial charge in [-0.25, -0.2) is 0 Å². The van der Waals surface area contributed by atoms with Crippen LogP contribution in [-0.2, 0) is 17.6 Å². The number of nitrogens with one attached hydrogen (secondary N) is 1. The predicted molar refractivity (Wildman–Crippen MR) is 85.4 cm³/mol. The molecular formula is C14H15F3N6OS. The summed E-state index contributed by atoms with van der Waals surface area (Å²) >= 11 is 4.36. The molecule has 11 heteroatoms. The second-order valence-corrected chi connectivity index (χ2v) is 5.77. The van der Waals surface area contributed by atoms with E-state index in [-0.39, 0.29) is 12.4 Å². The second kappa shape index (κ2) is 6.56. The first-order valence-corrected chi connectivity index (χ1v) is 7.87. The Labute approximate surface area is 146 Å². The van der Waals surface area contributed by atoms with Crippen molar-refractivity contribution in [1.82, 2.24) is 30.3 Å². The monoisotopic (exact) mass is 372 g/mol. The third-order valence-electron chi connectivity index (χ3n) is 3.54. The molecule has 0 spiro atoms. The molecule has 0 amide bonds. The Hall–Kier alpha value is -2.27. The normalized spacial score (nSPS) is 15.9. The molecule has 2 aromatic rings. The van der Waals surface area contributed by atoms with Gasteiger partial charge in [-0.15, -0.1) is 22.8 Å². The van der Waals surface area contributed by atoms with E-state index in [1.807, 2.05) is 13.0 Å². The molecule has 1 aliphatic heterocycles. The van der Waals surface area contributed by atoms with E-state index in [4.69, 9.17) is 4.84 Å². The van der Waals surface area contributed by atoms with Gasteiger partial charge in [0, 0.05) is 24.0 Å². The largest absolute Gasteiger partial charge is 0.451 e. The Bertz CT molecular complexity index is 806. The van der Waals surface area contributed by atoms with E-state index in [1.54, 1.807) is 25.4 Å². The van der Waals surface area contributed by atoms with E-state index in [1.165, 1.54) is 5.01 Å². The summed E-state index contributed by atoms with van der Waals surface area (Å²) in [5.41, 5.74) is 4.19. The molecule has 1 unspecified atom stereocenters. The van der Waals surface area contributed by atoms with Crippen molar-refractivity contribution < 1.29 is 18.0 Å². The molecule has 0 bridgehead atoms. The van der Waals surface area contributed by atoms with Gasteiger partial charge in [-0.2, -0.15) is 13.2 Å². The molecule has 134 valence electrons. The van der Waals surface area contributed by atoms with Gasteiger partial charge in [0.05, 0.1) is 6.20 Å². The molecule has 3 heterocycles. The van der Waals surface area contributed by atoms with Crippen LogP contribution >= 0.6 is 12.6 Å². The van der Waals surface area contributed by atoms with E-state index >= 15 is 0 Å². The number of aryl methyl sites for hydroxylation is 1. The van der Waals surface area contributed by atoms with Crippen molar-refractivity contribution in [1.29, 1.82) is 0 Å². The van der Waals surface area contributed by atoms with Gasteiger partial charge in [0.25, 0.3) is 0 Å². The summed E-state index contributed by atoms with van der Waals surface area (Å²) in [4.78, 5) is 9.48. The molecule has 2 aromatic heterocycles. The summed E-state index contributed by atoms with van der Waals surface area (Å²) in [6, 6.07) is 3.58. The summed E-state index contributed by atoms with van der Waals surface area (Å²) in [7, 11) is 0. The van der Waals surface area contributed by atoms with Crippen molar-refractivity contribution in [3.8, 4) is 0 Å². The number of hydrogen-bond donors (Lipinski definition) is 2.